The summed E-state index contributed by atoms with van der Waals surface area (Å²) in [7, 11) is 0. The molecule has 5 rings (SSSR count). The summed E-state index contributed by atoms with van der Waals surface area (Å²) in [5.41, 5.74) is 5.75. The summed E-state index contributed by atoms with van der Waals surface area (Å²) in [6.07, 6.45) is 9.35. The summed E-state index contributed by atoms with van der Waals surface area (Å²) >= 11 is 0. The first kappa shape index (κ1) is 31.6. The summed E-state index contributed by atoms with van der Waals surface area (Å²) in [4.78, 5) is 34.6. The smallest absolute Gasteiger partial charge is 0.328 e. The molecule has 9 heteroatoms. The number of hydrogen-bond acceptors (Lipinski definition) is 6. The van der Waals surface area contributed by atoms with E-state index in [4.69, 9.17) is 19.7 Å². The lowest BCUT2D eigenvalue weighted by Gasteiger charge is -2.28. The first-order valence-electron chi connectivity index (χ1n) is 13.3. The van der Waals surface area contributed by atoms with Crippen LogP contribution in [0.25, 0.3) is 23.1 Å². The third-order valence-electron chi connectivity index (χ3n) is 6.05. The second-order valence-corrected chi connectivity index (χ2v) is 11.0. The van der Waals surface area contributed by atoms with E-state index in [9.17, 15) is 14.4 Å². The monoisotopic (exact) mass is 572 g/mol. The Morgan fingerprint density at radius 3 is 1.90 bits per heavy atom. The number of aryl methyl sites for hydroxylation is 2. The Balaban J connectivity index is 0.000000186. The second kappa shape index (κ2) is 12.7. The molecule has 0 aliphatic carbocycles. The van der Waals surface area contributed by atoms with Gasteiger partial charge in [-0.3, -0.25) is 9.78 Å². The number of nitrogens with one attached hydrogen (secondary N) is 1. The molecule has 3 aromatic rings. The third kappa shape index (κ3) is 9.05. The number of amides is 1. The standard InChI is InChI=1S/C16H17NO.C13H15NO2.C4H4O4/c1-10-7-11(2)17-14-8-12-5-6-16(3,4)18-15(12)9-13(10)14;1-9(15)14-11-4-5-12-10(8-11)6-7-13(2,3)16-12;5-3(6)1-2-4(7)8/h5-9H,1-4H3;4-8H,1-3H3,(H,14,15);1-2H,(H,5,6)(H,7,8)/b;;2-1-. The number of fused-ring (bicyclic) bond motifs is 3. The largest absolute Gasteiger partial charge is 0.483 e. The van der Waals surface area contributed by atoms with Crippen LogP contribution in [0.4, 0.5) is 5.69 Å². The SMILES string of the molecule is CC(=O)Nc1ccc2c(c1)C=CC(C)(C)O2.Cc1cc(C)c2cc3c(cc2n1)C=CC(C)(C)O3.O=C(O)/C=C\C(=O)O. The Morgan fingerprint density at radius 2 is 1.36 bits per heavy atom. The van der Waals surface area contributed by atoms with E-state index in [1.54, 1.807) is 0 Å². The van der Waals surface area contributed by atoms with Gasteiger partial charge in [0, 0.05) is 47.0 Å². The number of benzene rings is 2. The topological polar surface area (TPSA) is 135 Å². The highest BCUT2D eigenvalue weighted by molar-refractivity contribution is 5.90. The number of pyridine rings is 1. The van der Waals surface area contributed by atoms with Crippen molar-refractivity contribution in [2.24, 2.45) is 0 Å². The molecular weight excluding hydrogens is 536 g/mol. The summed E-state index contributed by atoms with van der Waals surface area (Å²) in [6, 6.07) is 12.0. The fourth-order valence-corrected chi connectivity index (χ4v) is 4.24. The van der Waals surface area contributed by atoms with Gasteiger partial charge in [0.2, 0.25) is 5.91 Å². The van der Waals surface area contributed by atoms with E-state index >= 15 is 0 Å². The van der Waals surface area contributed by atoms with Gasteiger partial charge in [-0.2, -0.15) is 0 Å². The lowest BCUT2D eigenvalue weighted by molar-refractivity contribution is -0.134. The maximum atomic E-state index is 10.9. The van der Waals surface area contributed by atoms with Crippen LogP contribution in [0.3, 0.4) is 0 Å². The van der Waals surface area contributed by atoms with Gasteiger partial charge in [0.05, 0.1) is 5.52 Å². The van der Waals surface area contributed by atoms with Crippen LogP contribution in [0.2, 0.25) is 0 Å². The summed E-state index contributed by atoms with van der Waals surface area (Å²) in [5, 5.41) is 19.5. The van der Waals surface area contributed by atoms with Crippen molar-refractivity contribution in [1.82, 2.24) is 4.98 Å². The molecule has 0 radical (unpaired) electrons. The van der Waals surface area contributed by atoms with Crippen LogP contribution >= 0.6 is 0 Å². The average molecular weight is 573 g/mol. The Kier molecular flexibility index (Phi) is 9.57. The minimum atomic E-state index is -1.26. The molecular formula is C33H36N2O7. The number of anilines is 1. The van der Waals surface area contributed by atoms with Crippen LogP contribution in [0.5, 0.6) is 11.5 Å². The van der Waals surface area contributed by atoms with Crippen molar-refractivity contribution in [3.63, 3.8) is 0 Å². The quantitative estimate of drug-likeness (QED) is 0.300. The molecule has 0 saturated carbocycles. The maximum absolute atomic E-state index is 10.9. The van der Waals surface area contributed by atoms with Gasteiger partial charge in [0.25, 0.3) is 0 Å². The zero-order valence-electron chi connectivity index (χ0n) is 24.8. The van der Waals surface area contributed by atoms with Gasteiger partial charge < -0.3 is 25.0 Å². The highest BCUT2D eigenvalue weighted by Gasteiger charge is 2.23. The number of rotatable bonds is 3. The lowest BCUT2D eigenvalue weighted by Crippen LogP contribution is -2.27. The molecule has 9 nitrogen and oxygen atoms in total. The molecule has 0 unspecified atom stereocenters. The highest BCUT2D eigenvalue weighted by atomic mass is 16.5. The van der Waals surface area contributed by atoms with E-state index in [2.05, 4.69) is 61.4 Å². The average Bonchev–Trinajstić information content (AvgIpc) is 2.86. The minimum absolute atomic E-state index is 0.0685. The molecule has 42 heavy (non-hydrogen) atoms. The number of carboxylic acids is 2. The zero-order valence-corrected chi connectivity index (χ0v) is 24.8. The predicted molar refractivity (Wildman–Crippen MR) is 164 cm³/mol. The first-order valence-corrected chi connectivity index (χ1v) is 13.3. The summed E-state index contributed by atoms with van der Waals surface area (Å²) in [6.45, 7) is 13.8. The highest BCUT2D eigenvalue weighted by Crippen LogP contribution is 2.35. The Labute approximate surface area is 245 Å². The predicted octanol–water partition coefficient (Wildman–Crippen LogP) is 6.58. The molecule has 0 saturated heterocycles. The van der Waals surface area contributed by atoms with Crippen LogP contribution in [0, 0.1) is 13.8 Å². The van der Waals surface area contributed by atoms with Crippen molar-refractivity contribution in [1.29, 1.82) is 0 Å². The fraction of sp³-hybridized carbons (Fsp3) is 0.273. The van der Waals surface area contributed by atoms with Crippen LogP contribution in [0.1, 0.15) is 57.0 Å². The van der Waals surface area contributed by atoms with Crippen molar-refractivity contribution < 1.29 is 34.1 Å². The van der Waals surface area contributed by atoms with E-state index in [1.165, 1.54) is 17.9 Å². The normalized spacial score (nSPS) is 15.0. The van der Waals surface area contributed by atoms with Crippen LogP contribution in [-0.4, -0.2) is 44.2 Å². The Morgan fingerprint density at radius 1 is 0.810 bits per heavy atom. The van der Waals surface area contributed by atoms with Gasteiger partial charge in [-0.05, 0) is 95.7 Å². The Bertz CT molecular complexity index is 1600. The summed E-state index contributed by atoms with van der Waals surface area (Å²) in [5.74, 6) is -0.786. The first-order chi connectivity index (χ1) is 19.5. The minimum Gasteiger partial charge on any atom is -0.483 e. The molecule has 0 fully saturated rings. The maximum Gasteiger partial charge on any atom is 0.328 e. The molecule has 3 N–H and O–H groups in total. The van der Waals surface area contributed by atoms with Gasteiger partial charge in [0.15, 0.2) is 0 Å². The van der Waals surface area contributed by atoms with E-state index in [1.807, 2.05) is 51.1 Å². The summed E-state index contributed by atoms with van der Waals surface area (Å²) < 4.78 is 11.8. The van der Waals surface area contributed by atoms with Gasteiger partial charge in [-0.15, -0.1) is 0 Å². The van der Waals surface area contributed by atoms with Crippen molar-refractivity contribution in [2.45, 2.75) is 59.7 Å². The molecule has 2 aromatic carbocycles. The molecule has 2 aliphatic rings. The third-order valence-corrected chi connectivity index (χ3v) is 6.05. The van der Waals surface area contributed by atoms with Gasteiger partial charge in [-0.25, -0.2) is 9.59 Å². The molecule has 220 valence electrons. The van der Waals surface area contributed by atoms with Gasteiger partial charge in [-0.1, -0.05) is 12.2 Å². The lowest BCUT2D eigenvalue weighted by atomic mass is 9.99. The second-order valence-electron chi connectivity index (χ2n) is 11.0. The van der Waals surface area contributed by atoms with Crippen LogP contribution in [0.15, 0.2) is 60.7 Å². The number of carboxylic acid groups (broad SMARTS) is 2. The van der Waals surface area contributed by atoms with E-state index in [0.717, 1.165) is 39.5 Å². The van der Waals surface area contributed by atoms with Crippen LogP contribution in [-0.2, 0) is 14.4 Å². The van der Waals surface area contributed by atoms with Crippen molar-refractivity contribution in [3.8, 4) is 11.5 Å². The number of aliphatic carboxylic acids is 2. The Hall–Kier alpha value is -4.92. The molecule has 1 aromatic heterocycles. The number of carbonyl (C=O) groups excluding carboxylic acids is 1. The molecule has 0 bridgehead atoms. The zero-order chi connectivity index (χ0) is 31.2. The van der Waals surface area contributed by atoms with Crippen molar-refractivity contribution in [3.05, 3.63) is 83.1 Å². The van der Waals surface area contributed by atoms with E-state index in [-0.39, 0.29) is 17.1 Å². The number of nitrogens with zero attached hydrogens (tertiary/aromatic N) is 1. The van der Waals surface area contributed by atoms with Crippen molar-refractivity contribution in [2.75, 3.05) is 5.32 Å². The van der Waals surface area contributed by atoms with E-state index < -0.39 is 11.9 Å². The van der Waals surface area contributed by atoms with E-state index in [0.29, 0.717) is 12.2 Å². The molecule has 2 aliphatic heterocycles. The fourth-order valence-electron chi connectivity index (χ4n) is 4.24. The molecule has 0 spiro atoms. The number of hydrogen-bond donors (Lipinski definition) is 3. The van der Waals surface area contributed by atoms with Crippen LogP contribution < -0.4 is 14.8 Å². The number of carbonyl (C=O) groups is 3. The number of aromatic nitrogens is 1. The number of ether oxygens (including phenoxy) is 2. The molecule has 0 atom stereocenters. The molecule has 1 amide bonds. The van der Waals surface area contributed by atoms with Gasteiger partial charge >= 0.3 is 11.9 Å². The van der Waals surface area contributed by atoms with Gasteiger partial charge in [0.1, 0.15) is 22.7 Å². The van der Waals surface area contributed by atoms with Crippen molar-refractivity contribution >= 4 is 46.6 Å². The molecule has 3 heterocycles.